The predicted octanol–water partition coefficient (Wildman–Crippen LogP) is 7.23. The maximum atomic E-state index is 13.6. The number of hydrogen-bond donors (Lipinski definition) is 0. The molecule has 1 unspecified atom stereocenters. The molecular formula is C26H26F9N3O3. The lowest BCUT2D eigenvalue weighted by Crippen LogP contribution is -2.42. The number of nitrogens with zero attached hydrogens (tertiary/aromatic N) is 3. The molecule has 0 bridgehead atoms. The normalized spacial score (nSPS) is 22.2. The average Bonchev–Trinajstić information content (AvgIpc) is 3.17. The van der Waals surface area contributed by atoms with Crippen LogP contribution >= 0.6 is 0 Å². The summed E-state index contributed by atoms with van der Waals surface area (Å²) >= 11 is 0. The first-order valence-corrected chi connectivity index (χ1v) is 12.7. The number of halogens is 9. The molecule has 15 heteroatoms. The quantitative estimate of drug-likeness (QED) is 0.328. The number of benzene rings is 1. The molecule has 2 aliphatic heterocycles. The summed E-state index contributed by atoms with van der Waals surface area (Å²) in [6, 6.07) is 0.366. The molecule has 4 rings (SSSR count). The summed E-state index contributed by atoms with van der Waals surface area (Å²) in [6.45, 7) is 3.79. The number of pyridine rings is 1. The van der Waals surface area contributed by atoms with Crippen molar-refractivity contribution in [3.05, 3.63) is 58.3 Å². The maximum absolute atomic E-state index is 13.6. The van der Waals surface area contributed by atoms with Crippen molar-refractivity contribution in [2.75, 3.05) is 24.7 Å². The number of aromatic nitrogens is 1. The number of anilines is 1. The van der Waals surface area contributed by atoms with E-state index < -0.39 is 65.6 Å². The molecule has 2 aromatic rings. The zero-order valence-corrected chi connectivity index (χ0v) is 21.8. The first-order chi connectivity index (χ1) is 19.0. The van der Waals surface area contributed by atoms with Crippen LogP contribution in [0.2, 0.25) is 0 Å². The molecule has 1 amide bonds. The molecule has 2 aliphatic rings. The molecule has 3 atom stereocenters. The number of alkyl halides is 9. The topological polar surface area (TPSA) is 54.9 Å². The summed E-state index contributed by atoms with van der Waals surface area (Å²) in [6.07, 6.45) is -15.6. The summed E-state index contributed by atoms with van der Waals surface area (Å²) in [5.41, 5.74) is -4.82. The van der Waals surface area contributed by atoms with Gasteiger partial charge in [-0.2, -0.15) is 39.5 Å². The van der Waals surface area contributed by atoms with E-state index in [1.807, 2.05) is 0 Å². The summed E-state index contributed by atoms with van der Waals surface area (Å²) in [5.74, 6) is 0.151. The van der Waals surface area contributed by atoms with Gasteiger partial charge in [-0.15, -0.1) is 0 Å². The van der Waals surface area contributed by atoms with Gasteiger partial charge in [0.2, 0.25) is 0 Å². The van der Waals surface area contributed by atoms with Gasteiger partial charge in [-0.25, -0.2) is 9.78 Å². The van der Waals surface area contributed by atoms with Gasteiger partial charge < -0.3 is 14.4 Å². The number of ether oxygens (including phenoxy) is 2. The Morgan fingerprint density at radius 1 is 0.951 bits per heavy atom. The molecule has 2 saturated heterocycles. The van der Waals surface area contributed by atoms with Crippen LogP contribution < -0.4 is 4.90 Å². The Bertz CT molecular complexity index is 1230. The van der Waals surface area contributed by atoms with Crippen molar-refractivity contribution in [2.24, 2.45) is 0 Å². The number of rotatable bonds is 6. The molecule has 0 saturated carbocycles. The van der Waals surface area contributed by atoms with E-state index in [9.17, 15) is 44.3 Å². The molecule has 1 aromatic heterocycles. The van der Waals surface area contributed by atoms with E-state index in [1.165, 1.54) is 6.92 Å². The van der Waals surface area contributed by atoms with Gasteiger partial charge in [0.25, 0.3) is 0 Å². The fraction of sp³-hybridized carbons (Fsp3) is 0.538. The summed E-state index contributed by atoms with van der Waals surface area (Å²) < 4.78 is 132. The Morgan fingerprint density at radius 2 is 1.56 bits per heavy atom. The smallest absolute Gasteiger partial charge is 0.417 e. The number of amides is 1. The first kappa shape index (κ1) is 30.7. The van der Waals surface area contributed by atoms with Crippen LogP contribution in [0.1, 0.15) is 60.6 Å². The fourth-order valence-electron chi connectivity index (χ4n) is 5.07. The Hall–Kier alpha value is -3.23. The third-order valence-electron chi connectivity index (χ3n) is 7.13. The zero-order valence-electron chi connectivity index (χ0n) is 21.8. The second kappa shape index (κ2) is 11.2. The van der Waals surface area contributed by atoms with Crippen LogP contribution in [-0.4, -0.2) is 47.8 Å². The Balaban J connectivity index is 1.71. The molecular weight excluding hydrogens is 573 g/mol. The highest BCUT2D eigenvalue weighted by molar-refractivity contribution is 5.71. The largest absolute Gasteiger partial charge is 0.439 e. The van der Waals surface area contributed by atoms with E-state index in [0.717, 1.165) is 11.0 Å². The maximum Gasteiger partial charge on any atom is 0.417 e. The Morgan fingerprint density at radius 3 is 2.07 bits per heavy atom. The van der Waals surface area contributed by atoms with Crippen molar-refractivity contribution in [1.29, 1.82) is 0 Å². The van der Waals surface area contributed by atoms with E-state index in [-0.39, 0.29) is 23.5 Å². The molecule has 6 nitrogen and oxygen atoms in total. The fourth-order valence-corrected chi connectivity index (χ4v) is 5.07. The predicted molar refractivity (Wildman–Crippen MR) is 127 cm³/mol. The highest BCUT2D eigenvalue weighted by Crippen LogP contribution is 2.42. The summed E-state index contributed by atoms with van der Waals surface area (Å²) in [5, 5.41) is 0. The number of carbonyl (C=O) groups excluding carboxylic acids is 1. The van der Waals surface area contributed by atoms with E-state index in [4.69, 9.17) is 9.47 Å². The van der Waals surface area contributed by atoms with Crippen LogP contribution in [0.3, 0.4) is 0 Å². The number of carbonyl (C=O) groups is 1. The highest BCUT2D eigenvalue weighted by Gasteiger charge is 2.44. The average molecular weight is 599 g/mol. The third kappa shape index (κ3) is 6.65. The van der Waals surface area contributed by atoms with Crippen molar-refractivity contribution in [3.63, 3.8) is 0 Å². The lowest BCUT2D eigenvalue weighted by molar-refractivity contribution is -0.143. The van der Waals surface area contributed by atoms with E-state index in [2.05, 4.69) is 4.98 Å². The van der Waals surface area contributed by atoms with Crippen LogP contribution in [0.5, 0.6) is 0 Å². The molecule has 0 N–H and O–H groups in total. The van der Waals surface area contributed by atoms with Gasteiger partial charge in [0.05, 0.1) is 41.9 Å². The van der Waals surface area contributed by atoms with Crippen LogP contribution in [0.4, 0.5) is 50.1 Å². The lowest BCUT2D eigenvalue weighted by atomic mass is 9.97. The van der Waals surface area contributed by atoms with Crippen molar-refractivity contribution < 1.29 is 53.8 Å². The standard InChI is InChI=1S/C26H26F9N3O3/c1-3-37(20-5-4-6-40-13-20)22-16(9-19(11-36-22)26(33,34)35)12-38-14(2)21(41-23(38)39)15-7-17(24(27,28)29)10-18(8-15)25(30,31)32/h7-11,14,20-21H,3-6,12-13H2,1-2H3/t14-,20?,21-/m0/s1. The lowest BCUT2D eigenvalue weighted by Gasteiger charge is -2.36. The van der Waals surface area contributed by atoms with Crippen LogP contribution in [0.15, 0.2) is 30.5 Å². The Labute approximate surface area is 229 Å². The minimum atomic E-state index is -5.12. The van der Waals surface area contributed by atoms with Gasteiger partial charge in [-0.3, -0.25) is 4.90 Å². The molecule has 0 spiro atoms. The van der Waals surface area contributed by atoms with Gasteiger partial charge in [-0.1, -0.05) is 0 Å². The van der Waals surface area contributed by atoms with Crippen LogP contribution in [0.25, 0.3) is 0 Å². The molecule has 3 heterocycles. The number of cyclic esters (lactones) is 1. The van der Waals surface area contributed by atoms with Crippen LogP contribution in [0, 0.1) is 0 Å². The molecule has 1 aromatic carbocycles. The highest BCUT2D eigenvalue weighted by atomic mass is 19.4. The molecule has 226 valence electrons. The van der Waals surface area contributed by atoms with Gasteiger partial charge in [0, 0.05) is 24.9 Å². The van der Waals surface area contributed by atoms with Gasteiger partial charge >= 0.3 is 24.6 Å². The Kier molecular flexibility index (Phi) is 8.40. The minimum Gasteiger partial charge on any atom is -0.439 e. The number of hydrogen-bond acceptors (Lipinski definition) is 5. The van der Waals surface area contributed by atoms with Crippen molar-refractivity contribution in [3.8, 4) is 0 Å². The molecule has 0 aliphatic carbocycles. The summed E-state index contributed by atoms with van der Waals surface area (Å²) in [7, 11) is 0. The van der Waals surface area contributed by atoms with E-state index >= 15 is 0 Å². The summed E-state index contributed by atoms with van der Waals surface area (Å²) in [4.78, 5) is 19.6. The van der Waals surface area contributed by atoms with E-state index in [0.29, 0.717) is 50.9 Å². The van der Waals surface area contributed by atoms with Crippen LogP contribution in [-0.2, 0) is 34.5 Å². The van der Waals surface area contributed by atoms with Crippen molar-refractivity contribution in [2.45, 2.75) is 70.0 Å². The van der Waals surface area contributed by atoms with Gasteiger partial charge in [0.1, 0.15) is 11.9 Å². The minimum absolute atomic E-state index is 0.0169. The second-order valence-corrected chi connectivity index (χ2v) is 9.87. The second-order valence-electron chi connectivity index (χ2n) is 9.87. The zero-order chi connectivity index (χ0) is 30.3. The van der Waals surface area contributed by atoms with Gasteiger partial charge in [-0.05, 0) is 56.5 Å². The number of likely N-dealkylation sites (N-methyl/N-ethyl adjacent to an activating group) is 1. The monoisotopic (exact) mass is 599 g/mol. The molecule has 41 heavy (non-hydrogen) atoms. The van der Waals surface area contributed by atoms with E-state index in [1.54, 1.807) is 11.8 Å². The van der Waals surface area contributed by atoms with Gasteiger partial charge in [0.15, 0.2) is 0 Å². The molecule has 0 radical (unpaired) electrons. The third-order valence-corrected chi connectivity index (χ3v) is 7.13. The van der Waals surface area contributed by atoms with Crippen molar-refractivity contribution >= 4 is 11.9 Å². The first-order valence-electron chi connectivity index (χ1n) is 12.7. The SMILES string of the molecule is CCN(c1ncc(C(F)(F)F)cc1CN1C(=O)O[C@H](c2cc(C(F)(F)F)cc(C(F)(F)F)c2)[C@@H]1C)C1CCCOC1. The van der Waals surface area contributed by atoms with Crippen molar-refractivity contribution in [1.82, 2.24) is 9.88 Å². The molecule has 2 fully saturated rings.